The van der Waals surface area contributed by atoms with Crippen molar-refractivity contribution >= 4 is 22.7 Å². The van der Waals surface area contributed by atoms with Crippen LogP contribution in [0.1, 0.15) is 25.0 Å². The quantitative estimate of drug-likeness (QED) is 0.590. The van der Waals surface area contributed by atoms with Crippen LogP contribution in [0.2, 0.25) is 0 Å². The van der Waals surface area contributed by atoms with E-state index in [9.17, 15) is 0 Å². The smallest absolute Gasteiger partial charge is 0.300 e. The molecule has 0 spiro atoms. The monoisotopic (exact) mass is 386 g/mol. The molecule has 0 aliphatic heterocycles. The van der Waals surface area contributed by atoms with Gasteiger partial charge >= 0.3 is 0 Å². The van der Waals surface area contributed by atoms with E-state index in [0.717, 1.165) is 31.7 Å². The molecule has 8 heteroatoms. The number of carboxylic acid groups (broad SMARTS) is 2. The van der Waals surface area contributed by atoms with Crippen molar-refractivity contribution in [2.24, 2.45) is 0 Å². The Morgan fingerprint density at radius 1 is 0.840 bits per heavy atom. The first kappa shape index (κ1) is 27.0. The van der Waals surface area contributed by atoms with Crippen LogP contribution in [0.15, 0.2) is 36.4 Å². The molecule has 0 atom stereocenters. The van der Waals surface area contributed by atoms with E-state index in [1.54, 1.807) is 12.1 Å². The van der Waals surface area contributed by atoms with Gasteiger partial charge in [-0.1, -0.05) is 24.3 Å². The van der Waals surface area contributed by atoms with Gasteiger partial charge in [-0.05, 0) is 22.9 Å². The fourth-order valence-electron chi connectivity index (χ4n) is 1.43. The van der Waals surface area contributed by atoms with Crippen molar-refractivity contribution < 1.29 is 42.0 Å². The van der Waals surface area contributed by atoms with Gasteiger partial charge in [0.05, 0.1) is 11.1 Å². The third-order valence-electron chi connectivity index (χ3n) is 2.13. The first-order valence-electron chi connectivity index (χ1n) is 6.48. The van der Waals surface area contributed by atoms with Gasteiger partial charge < -0.3 is 15.3 Å². The van der Waals surface area contributed by atoms with Crippen molar-refractivity contribution in [3.05, 3.63) is 47.5 Å². The first-order valence-corrected chi connectivity index (χ1v) is 6.48. The molecule has 2 aromatic carbocycles. The van der Waals surface area contributed by atoms with Crippen LogP contribution >= 0.6 is 0 Å². The molecule has 2 rings (SSSR count). The number of fused-ring (bicyclic) bond motifs is 1. The summed E-state index contributed by atoms with van der Waals surface area (Å²) in [4.78, 5) is 18.0. The Hall–Kier alpha value is -2.90. The molecule has 0 saturated carbocycles. The Morgan fingerprint density at radius 2 is 1.08 bits per heavy atom. The van der Waals surface area contributed by atoms with E-state index in [4.69, 9.17) is 35.4 Å². The number of nitriles is 2. The molecule has 0 fully saturated rings. The number of aliphatic carboxylic acids is 2. The van der Waals surface area contributed by atoms with E-state index in [1.165, 1.54) is 0 Å². The van der Waals surface area contributed by atoms with Crippen LogP contribution in [0.4, 0.5) is 0 Å². The fraction of sp³-hybridized carbons (Fsp3) is 0.176. The minimum atomic E-state index is -0.833. The minimum absolute atomic E-state index is 0. The average Bonchev–Trinajstić information content (AvgIpc) is 2.54. The van der Waals surface area contributed by atoms with Crippen LogP contribution in [0.25, 0.3) is 10.8 Å². The van der Waals surface area contributed by atoms with Crippen LogP contribution in [0.3, 0.4) is 0 Å². The van der Waals surface area contributed by atoms with Crippen LogP contribution < -0.4 is 0 Å². The Morgan fingerprint density at radius 3 is 1.28 bits per heavy atom. The molecule has 0 amide bonds. The molecule has 0 heterocycles. The summed E-state index contributed by atoms with van der Waals surface area (Å²) in [7, 11) is 1.00. The Balaban J connectivity index is -0.000000372. The topological polar surface area (TPSA) is 142 Å². The van der Waals surface area contributed by atoms with Crippen molar-refractivity contribution in [2.75, 3.05) is 7.11 Å². The molecule has 7 nitrogen and oxygen atoms in total. The van der Waals surface area contributed by atoms with Crippen molar-refractivity contribution in [3.8, 4) is 12.1 Å². The molecular formula is C17H18FeN2O5. The first-order chi connectivity index (χ1) is 11.3. The second-order valence-corrected chi connectivity index (χ2v) is 4.01. The van der Waals surface area contributed by atoms with E-state index >= 15 is 0 Å². The molecule has 0 radical (unpaired) electrons. The maximum Gasteiger partial charge on any atom is 0.300 e. The van der Waals surface area contributed by atoms with E-state index in [2.05, 4.69) is 0 Å². The Kier molecular flexibility index (Phi) is 17.2. The third-order valence-corrected chi connectivity index (χ3v) is 2.13. The van der Waals surface area contributed by atoms with Gasteiger partial charge in [-0.3, -0.25) is 9.59 Å². The summed E-state index contributed by atoms with van der Waals surface area (Å²) in [5.74, 6) is -1.67. The number of rotatable bonds is 0. The number of carbonyl (C=O) groups is 2. The van der Waals surface area contributed by atoms with E-state index in [0.29, 0.717) is 11.1 Å². The largest absolute Gasteiger partial charge is 0.481 e. The number of aliphatic hydroxyl groups excluding tert-OH is 1. The van der Waals surface area contributed by atoms with E-state index in [-0.39, 0.29) is 17.1 Å². The van der Waals surface area contributed by atoms with Gasteiger partial charge in [0.1, 0.15) is 12.1 Å². The number of carboxylic acids is 2. The van der Waals surface area contributed by atoms with Gasteiger partial charge in [0, 0.05) is 38.0 Å². The second kappa shape index (κ2) is 16.0. The zero-order valence-electron chi connectivity index (χ0n) is 13.9. The summed E-state index contributed by atoms with van der Waals surface area (Å²) in [6.07, 6.45) is 0. The maximum absolute atomic E-state index is 9.00. The summed E-state index contributed by atoms with van der Waals surface area (Å²) in [6, 6.07) is 15.2. The minimum Gasteiger partial charge on any atom is -0.481 e. The van der Waals surface area contributed by atoms with Gasteiger partial charge in [0.25, 0.3) is 11.9 Å². The Labute approximate surface area is 156 Å². The molecule has 3 N–H and O–H groups in total. The molecule has 0 saturated heterocycles. The van der Waals surface area contributed by atoms with Crippen molar-refractivity contribution in [3.63, 3.8) is 0 Å². The van der Waals surface area contributed by atoms with Crippen LogP contribution in [0.5, 0.6) is 0 Å². The van der Waals surface area contributed by atoms with E-state index in [1.807, 2.05) is 36.4 Å². The summed E-state index contributed by atoms with van der Waals surface area (Å²) < 4.78 is 0. The second-order valence-electron chi connectivity index (χ2n) is 4.01. The van der Waals surface area contributed by atoms with Crippen molar-refractivity contribution in [2.45, 2.75) is 13.8 Å². The molecular weight excluding hydrogens is 368 g/mol. The van der Waals surface area contributed by atoms with Gasteiger partial charge in [0.2, 0.25) is 0 Å². The average molecular weight is 386 g/mol. The Bertz CT molecular complexity index is 691. The number of nitrogens with zero attached hydrogens (tertiary/aromatic N) is 2. The van der Waals surface area contributed by atoms with Gasteiger partial charge in [-0.2, -0.15) is 10.5 Å². The number of hydrogen-bond acceptors (Lipinski definition) is 5. The molecule has 0 aromatic heterocycles. The number of aliphatic hydroxyl groups is 1. The molecule has 25 heavy (non-hydrogen) atoms. The number of benzene rings is 2. The van der Waals surface area contributed by atoms with Gasteiger partial charge in [-0.15, -0.1) is 0 Å². The van der Waals surface area contributed by atoms with Gasteiger partial charge in [-0.25, -0.2) is 0 Å². The zero-order valence-corrected chi connectivity index (χ0v) is 15.0. The molecule has 0 aliphatic rings. The van der Waals surface area contributed by atoms with Crippen molar-refractivity contribution in [1.82, 2.24) is 0 Å². The molecule has 0 bridgehead atoms. The summed E-state index contributed by atoms with van der Waals surface area (Å²) >= 11 is 0. The third kappa shape index (κ3) is 13.3. The van der Waals surface area contributed by atoms with Gasteiger partial charge in [0.15, 0.2) is 0 Å². The number of hydrogen-bond donors (Lipinski definition) is 3. The normalized spacial score (nSPS) is 7.44. The SMILES string of the molecule is CC(=O)O.CC(=O)O.CO.N#Cc1cc2ccccc2cc1C#N.[Fe]. The van der Waals surface area contributed by atoms with Crippen LogP contribution in [-0.2, 0) is 26.7 Å². The maximum atomic E-state index is 9.00. The predicted octanol–water partition coefficient (Wildman–Crippen LogP) is 2.37. The summed E-state index contributed by atoms with van der Waals surface area (Å²) in [6.45, 7) is 2.17. The standard InChI is InChI=1S/C12H6N2.2C2H4O2.CH4O.Fe/c13-7-11-5-9-3-1-2-4-10(9)6-12(11)8-14;2*1-2(3)4;1-2;/h1-6H;2*1H3,(H,3,4);2H,1H3;. The molecule has 0 unspecified atom stereocenters. The van der Waals surface area contributed by atoms with Crippen LogP contribution in [-0.4, -0.2) is 34.4 Å². The summed E-state index contributed by atoms with van der Waals surface area (Å²) in [5.41, 5.74) is 0.873. The molecule has 2 aromatic rings. The summed E-state index contributed by atoms with van der Waals surface area (Å²) in [5, 5.41) is 41.4. The van der Waals surface area contributed by atoms with Crippen LogP contribution in [0, 0.1) is 22.7 Å². The molecule has 0 aliphatic carbocycles. The van der Waals surface area contributed by atoms with Crippen molar-refractivity contribution in [1.29, 1.82) is 10.5 Å². The predicted molar refractivity (Wildman–Crippen MR) is 88.1 cm³/mol. The fourth-order valence-corrected chi connectivity index (χ4v) is 1.43. The van der Waals surface area contributed by atoms with E-state index < -0.39 is 11.9 Å². The zero-order chi connectivity index (χ0) is 19.1. The molecule has 134 valence electrons.